The number of nitrogens with one attached hydrogen (secondary N) is 2. The number of hydrogen-bond donors (Lipinski definition) is 2. The van der Waals surface area contributed by atoms with Crippen molar-refractivity contribution in [3.8, 4) is 0 Å². The van der Waals surface area contributed by atoms with Crippen LogP contribution in [0.4, 0.5) is 0 Å². The van der Waals surface area contributed by atoms with E-state index < -0.39 is 10.0 Å². The van der Waals surface area contributed by atoms with E-state index in [0.717, 1.165) is 24.0 Å². The van der Waals surface area contributed by atoms with E-state index >= 15 is 0 Å². The van der Waals surface area contributed by atoms with E-state index in [1.807, 2.05) is 20.0 Å². The zero-order valence-electron chi connectivity index (χ0n) is 12.0. The van der Waals surface area contributed by atoms with Crippen molar-refractivity contribution in [2.24, 2.45) is 0 Å². The number of rotatable bonds is 5. The second-order valence-corrected chi connectivity index (χ2v) is 6.84. The molecule has 1 aliphatic rings. The van der Waals surface area contributed by atoms with Gasteiger partial charge in [0.25, 0.3) is 0 Å². The molecule has 0 aromatic heterocycles. The van der Waals surface area contributed by atoms with Crippen LogP contribution >= 0.6 is 0 Å². The summed E-state index contributed by atoms with van der Waals surface area (Å²) in [6, 6.07) is 5.23. The van der Waals surface area contributed by atoms with Gasteiger partial charge in [-0.3, -0.25) is 0 Å². The lowest BCUT2D eigenvalue weighted by atomic mass is 10.1. The van der Waals surface area contributed by atoms with Gasteiger partial charge in [-0.25, -0.2) is 13.1 Å². The van der Waals surface area contributed by atoms with Crippen LogP contribution in [0, 0.1) is 6.92 Å². The Hall–Kier alpha value is -0.950. The summed E-state index contributed by atoms with van der Waals surface area (Å²) in [5, 5.41) is 3.05. The lowest BCUT2D eigenvalue weighted by Gasteiger charge is -2.23. The summed E-state index contributed by atoms with van der Waals surface area (Å²) in [6.45, 7) is 3.87. The maximum absolute atomic E-state index is 12.4. The smallest absolute Gasteiger partial charge is 0.240 e. The van der Waals surface area contributed by atoms with Crippen molar-refractivity contribution in [2.75, 3.05) is 20.3 Å². The van der Waals surface area contributed by atoms with Crippen molar-refractivity contribution in [3.05, 3.63) is 29.3 Å². The van der Waals surface area contributed by atoms with Crippen molar-refractivity contribution in [3.63, 3.8) is 0 Å². The van der Waals surface area contributed by atoms with Crippen LogP contribution in [0.15, 0.2) is 23.1 Å². The van der Waals surface area contributed by atoms with Crippen molar-refractivity contribution >= 4 is 10.0 Å². The molecule has 0 atom stereocenters. The maximum Gasteiger partial charge on any atom is 0.240 e. The van der Waals surface area contributed by atoms with E-state index in [1.165, 1.54) is 0 Å². The minimum atomic E-state index is -3.45. The summed E-state index contributed by atoms with van der Waals surface area (Å²) in [6.07, 6.45) is 1.46. The molecule has 1 aromatic carbocycles. The zero-order chi connectivity index (χ0) is 14.6. The predicted molar refractivity (Wildman–Crippen MR) is 78.1 cm³/mol. The minimum Gasteiger partial charge on any atom is -0.381 e. The van der Waals surface area contributed by atoms with Gasteiger partial charge in [0.1, 0.15) is 0 Å². The van der Waals surface area contributed by atoms with Crippen molar-refractivity contribution < 1.29 is 13.2 Å². The Kier molecular flexibility index (Phi) is 5.15. The maximum atomic E-state index is 12.4. The molecule has 1 fully saturated rings. The molecule has 1 aliphatic heterocycles. The third-order valence-corrected chi connectivity index (χ3v) is 5.06. The third-order valence-electron chi connectivity index (χ3n) is 3.54. The van der Waals surface area contributed by atoms with Crippen LogP contribution in [0.5, 0.6) is 0 Å². The molecule has 1 aromatic rings. The molecule has 2 rings (SSSR count). The molecule has 0 bridgehead atoms. The molecule has 0 radical (unpaired) electrons. The summed E-state index contributed by atoms with van der Waals surface area (Å²) in [7, 11) is -1.60. The molecule has 0 saturated carbocycles. The van der Waals surface area contributed by atoms with Gasteiger partial charge in [-0.1, -0.05) is 6.07 Å². The van der Waals surface area contributed by atoms with Gasteiger partial charge in [0.05, 0.1) is 4.90 Å². The van der Waals surface area contributed by atoms with Gasteiger partial charge in [-0.05, 0) is 50.1 Å². The molecule has 2 N–H and O–H groups in total. The van der Waals surface area contributed by atoms with Crippen LogP contribution in [0.1, 0.15) is 24.0 Å². The highest BCUT2D eigenvalue weighted by molar-refractivity contribution is 7.89. The van der Waals surface area contributed by atoms with E-state index in [-0.39, 0.29) is 6.04 Å². The first-order chi connectivity index (χ1) is 9.53. The van der Waals surface area contributed by atoms with Gasteiger partial charge < -0.3 is 10.1 Å². The molecule has 0 amide bonds. The quantitative estimate of drug-likeness (QED) is 0.856. The Morgan fingerprint density at radius 2 is 2.00 bits per heavy atom. The molecule has 0 unspecified atom stereocenters. The van der Waals surface area contributed by atoms with Gasteiger partial charge in [0.2, 0.25) is 10.0 Å². The Morgan fingerprint density at radius 1 is 1.30 bits per heavy atom. The summed E-state index contributed by atoms with van der Waals surface area (Å²) in [4.78, 5) is 0.333. The fraction of sp³-hybridized carbons (Fsp3) is 0.571. The average Bonchev–Trinajstić information content (AvgIpc) is 2.42. The van der Waals surface area contributed by atoms with Crippen LogP contribution in [0.3, 0.4) is 0 Å². The topological polar surface area (TPSA) is 67.4 Å². The molecule has 0 aliphatic carbocycles. The first-order valence-electron chi connectivity index (χ1n) is 6.87. The van der Waals surface area contributed by atoms with Crippen LogP contribution < -0.4 is 10.0 Å². The van der Waals surface area contributed by atoms with Crippen molar-refractivity contribution in [2.45, 2.75) is 37.2 Å². The van der Waals surface area contributed by atoms with Crippen LogP contribution in [0.2, 0.25) is 0 Å². The number of hydrogen-bond acceptors (Lipinski definition) is 4. The molecular formula is C14H22N2O3S. The fourth-order valence-electron chi connectivity index (χ4n) is 2.30. The first kappa shape index (κ1) is 15.4. The van der Waals surface area contributed by atoms with Gasteiger partial charge in [-0.15, -0.1) is 0 Å². The molecule has 20 heavy (non-hydrogen) atoms. The standard InChI is InChI=1S/C14H22N2O3S/c1-11-3-4-14(9-12(11)10-15-2)20(17,18)16-13-5-7-19-8-6-13/h3-4,9,13,15-16H,5-8,10H2,1-2H3. The number of sulfonamides is 1. The first-order valence-corrected chi connectivity index (χ1v) is 8.35. The second kappa shape index (κ2) is 6.67. The molecule has 1 heterocycles. The number of ether oxygens (including phenoxy) is 1. The largest absolute Gasteiger partial charge is 0.381 e. The molecule has 6 heteroatoms. The summed E-state index contributed by atoms with van der Waals surface area (Å²) >= 11 is 0. The van der Waals surface area contributed by atoms with Crippen LogP contribution in [-0.2, 0) is 21.3 Å². The van der Waals surface area contributed by atoms with E-state index in [4.69, 9.17) is 4.74 Å². The number of benzene rings is 1. The van der Waals surface area contributed by atoms with E-state index in [1.54, 1.807) is 12.1 Å². The molecule has 5 nitrogen and oxygen atoms in total. The van der Waals surface area contributed by atoms with Crippen molar-refractivity contribution in [1.82, 2.24) is 10.0 Å². The third kappa shape index (κ3) is 3.79. The monoisotopic (exact) mass is 298 g/mol. The van der Waals surface area contributed by atoms with Gasteiger partial charge in [0, 0.05) is 25.8 Å². The highest BCUT2D eigenvalue weighted by Gasteiger charge is 2.22. The molecule has 0 spiro atoms. The Balaban J connectivity index is 2.17. The SMILES string of the molecule is CNCc1cc(S(=O)(=O)NC2CCOCC2)ccc1C. The van der Waals surface area contributed by atoms with Gasteiger partial charge in [0.15, 0.2) is 0 Å². The van der Waals surface area contributed by atoms with E-state index in [2.05, 4.69) is 10.0 Å². The van der Waals surface area contributed by atoms with Gasteiger partial charge in [-0.2, -0.15) is 0 Å². The molecular weight excluding hydrogens is 276 g/mol. The lowest BCUT2D eigenvalue weighted by Crippen LogP contribution is -2.38. The number of aryl methyl sites for hydroxylation is 1. The highest BCUT2D eigenvalue weighted by Crippen LogP contribution is 2.17. The predicted octanol–water partition coefficient (Wildman–Crippen LogP) is 1.17. The highest BCUT2D eigenvalue weighted by atomic mass is 32.2. The zero-order valence-corrected chi connectivity index (χ0v) is 12.8. The van der Waals surface area contributed by atoms with Crippen LogP contribution in [-0.4, -0.2) is 34.7 Å². The Morgan fingerprint density at radius 3 is 2.65 bits per heavy atom. The summed E-state index contributed by atoms with van der Waals surface area (Å²) in [5.74, 6) is 0. The average molecular weight is 298 g/mol. The summed E-state index contributed by atoms with van der Waals surface area (Å²) in [5.41, 5.74) is 2.09. The second-order valence-electron chi connectivity index (χ2n) is 5.13. The normalized spacial score (nSPS) is 17.3. The lowest BCUT2D eigenvalue weighted by molar-refractivity contribution is 0.0832. The van der Waals surface area contributed by atoms with Gasteiger partial charge >= 0.3 is 0 Å². The molecule has 112 valence electrons. The Labute approximate surface area is 120 Å². The minimum absolute atomic E-state index is 0.0252. The summed E-state index contributed by atoms with van der Waals surface area (Å²) < 4.78 is 32.8. The Bertz CT molecular complexity index is 552. The van der Waals surface area contributed by atoms with Crippen LogP contribution in [0.25, 0.3) is 0 Å². The molecule has 1 saturated heterocycles. The van der Waals surface area contributed by atoms with E-state index in [9.17, 15) is 8.42 Å². The van der Waals surface area contributed by atoms with Crippen molar-refractivity contribution in [1.29, 1.82) is 0 Å². The fourth-order valence-corrected chi connectivity index (χ4v) is 3.65. The van der Waals surface area contributed by atoms with E-state index in [0.29, 0.717) is 24.7 Å².